The summed E-state index contributed by atoms with van der Waals surface area (Å²) in [6.45, 7) is 6.83. The zero-order valence-corrected chi connectivity index (χ0v) is 23.4. The van der Waals surface area contributed by atoms with Gasteiger partial charge in [0.1, 0.15) is 5.85 Å². The van der Waals surface area contributed by atoms with Crippen LogP contribution >= 0.6 is 22.6 Å². The summed E-state index contributed by atoms with van der Waals surface area (Å²) in [5.74, 6) is -2.13. The normalized spacial score (nSPS) is 34.2. The first-order valence-electron chi connectivity index (χ1n) is 9.17. The molecule has 32 heavy (non-hydrogen) atoms. The smallest absolute Gasteiger partial charge is 0.798 e. The molecule has 14 nitrogen and oxygen atoms in total. The van der Waals surface area contributed by atoms with Crippen molar-refractivity contribution in [2.24, 2.45) is 0 Å². The number of hydroxylamine groups is 1. The molecule has 18 heteroatoms. The molecule has 6 N–H and O–H groups in total. The Morgan fingerprint density at radius 1 is 0.906 bits per heavy atom. The first-order chi connectivity index (χ1) is 13.9. The van der Waals surface area contributed by atoms with Crippen LogP contribution in [0.4, 0.5) is 0 Å². The van der Waals surface area contributed by atoms with Crippen molar-refractivity contribution >= 4 is 22.6 Å². The minimum atomic E-state index is -3.90. The van der Waals surface area contributed by atoms with Crippen LogP contribution < -0.4 is 39.9 Å². The molecule has 0 radical (unpaired) electrons. The van der Waals surface area contributed by atoms with Gasteiger partial charge >= 0.3 is 44.7 Å². The summed E-state index contributed by atoms with van der Waals surface area (Å²) in [7, 11) is -10.9. The quantitative estimate of drug-likeness (QED) is 0.0752. The number of hydrogen-bond acceptors (Lipinski definition) is 11. The molecule has 186 valence electrons. The van der Waals surface area contributed by atoms with Gasteiger partial charge in [-0.25, -0.2) is 4.62 Å². The summed E-state index contributed by atoms with van der Waals surface area (Å²) in [6, 6.07) is 0. The Morgan fingerprint density at radius 2 is 1.25 bits per heavy atom. The third-order valence-corrected chi connectivity index (χ3v) is 8.48. The van der Waals surface area contributed by atoms with Gasteiger partial charge in [0.05, 0.1) is 37.1 Å². The number of rotatable bonds is 8. The molecule has 8 atom stereocenters. The van der Waals surface area contributed by atoms with Crippen molar-refractivity contribution < 1.29 is 91.9 Å². The molecule has 0 saturated carbocycles. The van der Waals surface area contributed by atoms with Crippen molar-refractivity contribution in [3.63, 3.8) is 0 Å². The summed E-state index contributed by atoms with van der Waals surface area (Å²) in [6.07, 6.45) is -0.628. The minimum absolute atomic E-state index is 0. The second kappa shape index (κ2) is 12.5. The van der Waals surface area contributed by atoms with Gasteiger partial charge < -0.3 is 48.6 Å². The largest absolute Gasteiger partial charge is 1.00 e. The van der Waals surface area contributed by atoms with Gasteiger partial charge in [-0.05, 0) is 34.4 Å². The molecular weight excluding hydrogens is 506 g/mol. The Hall–Kier alpha value is 1.25. The summed E-state index contributed by atoms with van der Waals surface area (Å²) >= 11 is 0. The summed E-state index contributed by atoms with van der Waals surface area (Å²) in [5, 5.41) is 17.8. The maximum Gasteiger partial charge on any atom is 1.00 e. The average Bonchev–Trinajstić information content (AvgIpc) is 3.51. The monoisotopic (exact) mass is 537 g/mol. The van der Waals surface area contributed by atoms with Crippen molar-refractivity contribution in [1.29, 1.82) is 0 Å². The van der Waals surface area contributed by atoms with E-state index in [9.17, 15) is 23.5 Å². The predicted octanol–water partition coefficient (Wildman–Crippen LogP) is -3.91. The van der Waals surface area contributed by atoms with E-state index < -0.39 is 58.8 Å². The van der Waals surface area contributed by atoms with E-state index in [0.29, 0.717) is 0 Å². The molecule has 2 unspecified atom stereocenters. The molecule has 3 heterocycles. The maximum atomic E-state index is 11.4. The van der Waals surface area contributed by atoms with Crippen LogP contribution in [0.15, 0.2) is 0 Å². The van der Waals surface area contributed by atoms with Gasteiger partial charge in [-0.15, -0.1) is 0 Å². The van der Waals surface area contributed by atoms with Crippen molar-refractivity contribution in [1.82, 2.24) is 5.48 Å². The Balaban J connectivity index is 0.000000480. The van der Waals surface area contributed by atoms with Crippen LogP contribution in [0.2, 0.25) is 0 Å². The van der Waals surface area contributed by atoms with Gasteiger partial charge in [-0.3, -0.25) is 9.13 Å². The van der Waals surface area contributed by atoms with E-state index in [-0.39, 0.29) is 47.9 Å². The molecule has 3 aliphatic rings. The Kier molecular flexibility index (Phi) is 13.0. The standard InChI is InChI=1S/C7H16NO6P.C4H9O3P.C3H7O4P.Na/c1-5-6(13-5)15(11,12)14-8-7(2,3-9)4-10;1-3-4(7-3)8(2,5)6;1-2-3(7-2)8(4,5)6;/h5-6,8-10H,3-4H2,1-2H3,(H,11,12);3-4H,1-2H3,(H,5,6);2-3H,1H3,(H2,4,5,6);/q;;;+1/p-1/t5-,6+;3-,4+;2-,3+;/m000./s1. The number of ether oxygens (including phenoxy) is 3. The van der Waals surface area contributed by atoms with Crippen LogP contribution in [0, 0.1) is 0 Å². The molecule has 3 fully saturated rings. The molecule has 0 spiro atoms. The fourth-order valence-corrected chi connectivity index (χ4v) is 5.46. The fraction of sp³-hybridized carbons (Fsp3) is 1.00. The number of epoxide rings is 3. The Labute approximate surface area is 208 Å². The fourth-order valence-electron chi connectivity index (χ4n) is 2.05. The van der Waals surface area contributed by atoms with Gasteiger partial charge in [-0.1, -0.05) is 0 Å². The summed E-state index contributed by atoms with van der Waals surface area (Å²) < 4.78 is 50.7. The zero-order chi connectivity index (χ0) is 24.4. The van der Waals surface area contributed by atoms with Crippen LogP contribution in [0.25, 0.3) is 0 Å². The molecule has 0 aromatic heterocycles. The molecule has 3 aliphatic heterocycles. The maximum absolute atomic E-state index is 11.4. The predicted molar refractivity (Wildman–Crippen MR) is 105 cm³/mol. The molecular formula is C14H31NNaO13P3. The molecule has 3 saturated heterocycles. The van der Waals surface area contributed by atoms with Gasteiger partial charge in [0, 0.05) is 7.37 Å². The number of nitrogens with one attached hydrogen (secondary N) is 1. The van der Waals surface area contributed by atoms with Gasteiger partial charge in [-0.2, -0.15) is 5.48 Å². The molecule has 0 amide bonds. The Morgan fingerprint density at radius 3 is 1.41 bits per heavy atom. The second-order valence-corrected chi connectivity index (χ2v) is 13.7. The van der Waals surface area contributed by atoms with E-state index in [0.717, 1.165) is 0 Å². The van der Waals surface area contributed by atoms with Gasteiger partial charge in [0.25, 0.3) is 0 Å². The van der Waals surface area contributed by atoms with E-state index in [4.69, 9.17) is 29.5 Å². The van der Waals surface area contributed by atoms with E-state index >= 15 is 0 Å². The third-order valence-electron chi connectivity index (χ3n) is 4.27. The Bertz CT molecular complexity index is 707. The topological polar surface area (TPSA) is 234 Å². The number of hydrogen-bond donors (Lipinski definition) is 6. The van der Waals surface area contributed by atoms with Crippen molar-refractivity contribution in [2.45, 2.75) is 69.1 Å². The number of aliphatic hydroxyl groups excluding tert-OH is 2. The minimum Gasteiger partial charge on any atom is -0.798 e. The molecule has 3 rings (SSSR count). The first-order valence-corrected chi connectivity index (χ1v) is 14.6. The van der Waals surface area contributed by atoms with Crippen LogP contribution in [-0.4, -0.2) is 86.2 Å². The van der Waals surface area contributed by atoms with E-state index in [2.05, 4.69) is 14.8 Å². The summed E-state index contributed by atoms with van der Waals surface area (Å²) in [4.78, 5) is 36.5. The number of aliphatic hydroxyl groups is 2. The van der Waals surface area contributed by atoms with E-state index in [1.807, 2.05) is 0 Å². The van der Waals surface area contributed by atoms with Crippen LogP contribution in [-0.2, 0) is 32.5 Å². The summed E-state index contributed by atoms with van der Waals surface area (Å²) in [5.41, 5.74) is 1.03. The third kappa shape index (κ3) is 11.3. The van der Waals surface area contributed by atoms with Crippen LogP contribution in [0.1, 0.15) is 27.7 Å². The van der Waals surface area contributed by atoms with E-state index in [1.165, 1.54) is 13.6 Å². The van der Waals surface area contributed by atoms with Gasteiger partial charge in [0.15, 0.2) is 11.7 Å². The molecule has 0 aliphatic carbocycles. The van der Waals surface area contributed by atoms with Gasteiger partial charge in [0.2, 0.25) is 0 Å². The van der Waals surface area contributed by atoms with Crippen LogP contribution in [0.5, 0.6) is 0 Å². The van der Waals surface area contributed by atoms with E-state index in [1.54, 1.807) is 20.8 Å². The molecule has 0 bridgehead atoms. The van der Waals surface area contributed by atoms with Crippen molar-refractivity contribution in [3.05, 3.63) is 0 Å². The van der Waals surface area contributed by atoms with Crippen molar-refractivity contribution in [3.8, 4) is 0 Å². The second-order valence-electron chi connectivity index (χ2n) is 7.83. The molecule has 0 aromatic carbocycles. The SMILES string of the molecule is C[C@@H]1O[C@@H]1P(=O)(O)O.C[C@@H]1O[C@@H]1P(=O)(O)ONC(C)(CO)CO.C[C@@H]1O[C@@H]1P(C)(=O)[O-].[Na+]. The zero-order valence-electron chi connectivity index (χ0n) is 18.7. The van der Waals surface area contributed by atoms with Crippen LogP contribution in [0.3, 0.4) is 0 Å². The average molecular weight is 537 g/mol. The first kappa shape index (κ1) is 33.2. The molecule has 0 aromatic rings. The van der Waals surface area contributed by atoms with Crippen molar-refractivity contribution in [2.75, 3.05) is 19.9 Å².